The number of rotatable bonds is 7. The maximum absolute atomic E-state index is 12.5. The fourth-order valence-corrected chi connectivity index (χ4v) is 2.56. The first-order valence-electron chi connectivity index (χ1n) is 8.06. The fourth-order valence-electron chi connectivity index (χ4n) is 2.56. The van der Waals surface area contributed by atoms with Crippen molar-refractivity contribution < 1.29 is 9.53 Å². The number of nitrogens with one attached hydrogen (secondary N) is 2. The molecule has 0 bridgehead atoms. The van der Waals surface area contributed by atoms with Crippen LogP contribution in [-0.4, -0.2) is 19.1 Å². The lowest BCUT2D eigenvalue weighted by atomic mass is 9.84. The molecule has 4 heteroatoms. The lowest BCUT2D eigenvalue weighted by Gasteiger charge is -2.31. The molecule has 0 saturated heterocycles. The van der Waals surface area contributed by atoms with Crippen molar-refractivity contribution in [3.63, 3.8) is 0 Å². The molecule has 0 aliphatic heterocycles. The number of hydrazine groups is 1. The van der Waals surface area contributed by atoms with Gasteiger partial charge in [0.05, 0.1) is 7.11 Å². The molecule has 1 aromatic carbocycles. The molecule has 0 heterocycles. The molecule has 0 fully saturated rings. The van der Waals surface area contributed by atoms with Crippen LogP contribution >= 0.6 is 0 Å². The van der Waals surface area contributed by atoms with E-state index in [1.807, 2.05) is 25.1 Å². The molecular weight excluding hydrogens is 276 g/mol. The van der Waals surface area contributed by atoms with Crippen LogP contribution in [0.3, 0.4) is 0 Å². The maximum atomic E-state index is 12.5. The van der Waals surface area contributed by atoms with Gasteiger partial charge in [0, 0.05) is 17.2 Å². The van der Waals surface area contributed by atoms with Crippen LogP contribution in [0, 0.1) is 5.41 Å². The van der Waals surface area contributed by atoms with Gasteiger partial charge in [-0.3, -0.25) is 10.2 Å². The topological polar surface area (TPSA) is 50.4 Å². The van der Waals surface area contributed by atoms with Crippen molar-refractivity contribution in [2.24, 2.45) is 5.41 Å². The molecule has 1 amide bonds. The van der Waals surface area contributed by atoms with Gasteiger partial charge in [-0.2, -0.15) is 0 Å². The first-order valence-corrected chi connectivity index (χ1v) is 8.06. The Labute approximate surface area is 134 Å². The predicted octanol–water partition coefficient (Wildman–Crippen LogP) is 3.71. The minimum absolute atomic E-state index is 0.0885. The van der Waals surface area contributed by atoms with Gasteiger partial charge in [0.1, 0.15) is 5.75 Å². The third kappa shape index (κ3) is 4.73. The fraction of sp³-hybridized carbons (Fsp3) is 0.611. The molecule has 0 saturated carbocycles. The van der Waals surface area contributed by atoms with Crippen LogP contribution in [0.4, 0.5) is 0 Å². The summed E-state index contributed by atoms with van der Waals surface area (Å²) < 4.78 is 5.35. The van der Waals surface area contributed by atoms with E-state index in [1.54, 1.807) is 7.11 Å². The number of amides is 1. The molecule has 1 rings (SSSR count). The number of hydrogen-bond acceptors (Lipinski definition) is 3. The van der Waals surface area contributed by atoms with Gasteiger partial charge in [0.2, 0.25) is 0 Å². The SMILES string of the molecule is CCC[C@H](NNC(=O)c1cccc(OC)c1CC)C(C)(C)C. The minimum Gasteiger partial charge on any atom is -0.496 e. The van der Waals surface area contributed by atoms with Crippen molar-refractivity contribution in [1.82, 2.24) is 10.9 Å². The number of ether oxygens (including phenoxy) is 1. The number of carbonyl (C=O) groups is 1. The summed E-state index contributed by atoms with van der Waals surface area (Å²) in [6, 6.07) is 5.81. The van der Waals surface area contributed by atoms with Crippen LogP contribution in [0.25, 0.3) is 0 Å². The second-order valence-corrected chi connectivity index (χ2v) is 6.65. The normalized spacial score (nSPS) is 12.8. The van der Waals surface area contributed by atoms with Gasteiger partial charge >= 0.3 is 0 Å². The van der Waals surface area contributed by atoms with Crippen molar-refractivity contribution >= 4 is 5.91 Å². The van der Waals surface area contributed by atoms with Crippen molar-refractivity contribution in [2.45, 2.75) is 59.9 Å². The van der Waals surface area contributed by atoms with E-state index in [9.17, 15) is 4.79 Å². The molecular formula is C18H30N2O2. The zero-order valence-electron chi connectivity index (χ0n) is 14.7. The summed E-state index contributed by atoms with van der Waals surface area (Å²) >= 11 is 0. The molecule has 22 heavy (non-hydrogen) atoms. The molecule has 0 radical (unpaired) electrons. The highest BCUT2D eigenvalue weighted by atomic mass is 16.5. The quantitative estimate of drug-likeness (QED) is 0.755. The van der Waals surface area contributed by atoms with E-state index < -0.39 is 0 Å². The largest absolute Gasteiger partial charge is 0.496 e. The highest BCUT2D eigenvalue weighted by molar-refractivity contribution is 5.96. The molecule has 2 N–H and O–H groups in total. The van der Waals surface area contributed by atoms with Gasteiger partial charge in [-0.1, -0.05) is 47.1 Å². The Morgan fingerprint density at radius 3 is 2.45 bits per heavy atom. The van der Waals surface area contributed by atoms with Gasteiger partial charge in [-0.05, 0) is 30.4 Å². The molecule has 1 aromatic rings. The van der Waals surface area contributed by atoms with Crippen LogP contribution in [0.2, 0.25) is 0 Å². The molecule has 0 aliphatic rings. The summed E-state index contributed by atoms with van der Waals surface area (Å²) in [6.07, 6.45) is 2.84. The lowest BCUT2D eigenvalue weighted by Crippen LogP contribution is -2.50. The van der Waals surface area contributed by atoms with Crippen LogP contribution in [0.5, 0.6) is 5.75 Å². The summed E-state index contributed by atoms with van der Waals surface area (Å²) in [6.45, 7) is 10.7. The molecule has 0 aliphatic carbocycles. The number of hydrogen-bond donors (Lipinski definition) is 2. The van der Waals surface area contributed by atoms with Crippen LogP contribution in [0.1, 0.15) is 63.4 Å². The molecule has 1 atom stereocenters. The predicted molar refractivity (Wildman–Crippen MR) is 91.1 cm³/mol. The van der Waals surface area contributed by atoms with E-state index in [4.69, 9.17) is 4.74 Å². The average Bonchev–Trinajstić information content (AvgIpc) is 2.48. The first kappa shape index (κ1) is 18.5. The summed E-state index contributed by atoms with van der Waals surface area (Å²) in [4.78, 5) is 12.5. The summed E-state index contributed by atoms with van der Waals surface area (Å²) in [7, 11) is 1.63. The van der Waals surface area contributed by atoms with Crippen molar-refractivity contribution in [1.29, 1.82) is 0 Å². The highest BCUT2D eigenvalue weighted by Crippen LogP contribution is 2.24. The minimum atomic E-state index is -0.110. The average molecular weight is 306 g/mol. The number of benzene rings is 1. The van der Waals surface area contributed by atoms with E-state index in [1.165, 1.54) is 0 Å². The summed E-state index contributed by atoms with van der Waals surface area (Å²) in [5.74, 6) is 0.650. The second kappa shape index (κ2) is 8.18. The van der Waals surface area contributed by atoms with E-state index in [2.05, 4.69) is 38.5 Å². The molecule has 0 aromatic heterocycles. The van der Waals surface area contributed by atoms with E-state index in [0.29, 0.717) is 5.56 Å². The number of carbonyl (C=O) groups excluding carboxylic acids is 1. The van der Waals surface area contributed by atoms with Crippen molar-refractivity contribution in [3.05, 3.63) is 29.3 Å². The van der Waals surface area contributed by atoms with Crippen molar-refractivity contribution in [3.8, 4) is 5.75 Å². The maximum Gasteiger partial charge on any atom is 0.265 e. The van der Waals surface area contributed by atoms with Gasteiger partial charge in [0.25, 0.3) is 5.91 Å². The third-order valence-electron chi connectivity index (χ3n) is 3.93. The van der Waals surface area contributed by atoms with Gasteiger partial charge in [0.15, 0.2) is 0 Å². The molecule has 4 nitrogen and oxygen atoms in total. The van der Waals surface area contributed by atoms with Crippen LogP contribution < -0.4 is 15.6 Å². The third-order valence-corrected chi connectivity index (χ3v) is 3.93. The van der Waals surface area contributed by atoms with E-state index >= 15 is 0 Å². The monoisotopic (exact) mass is 306 g/mol. The molecule has 0 spiro atoms. The standard InChI is InChI=1S/C18H30N2O2/c1-7-10-16(18(3,4)5)19-20-17(21)14-11-9-12-15(22-6)13(14)8-2/h9,11-12,16,19H,7-8,10H2,1-6H3,(H,20,21)/t16-/m0/s1. The first-order chi connectivity index (χ1) is 10.3. The van der Waals surface area contributed by atoms with Gasteiger partial charge in [-0.15, -0.1) is 0 Å². The Bertz CT molecular complexity index is 492. The Balaban J connectivity index is 2.85. The number of methoxy groups -OCH3 is 1. The van der Waals surface area contributed by atoms with Gasteiger partial charge < -0.3 is 4.74 Å². The lowest BCUT2D eigenvalue weighted by molar-refractivity contribution is 0.0903. The van der Waals surface area contributed by atoms with Crippen molar-refractivity contribution in [2.75, 3.05) is 7.11 Å². The highest BCUT2D eigenvalue weighted by Gasteiger charge is 2.24. The zero-order chi connectivity index (χ0) is 16.8. The Kier molecular flexibility index (Phi) is 6.88. The Morgan fingerprint density at radius 2 is 1.95 bits per heavy atom. The Hall–Kier alpha value is -1.55. The van der Waals surface area contributed by atoms with E-state index in [0.717, 1.165) is 30.6 Å². The Morgan fingerprint density at radius 1 is 1.27 bits per heavy atom. The van der Waals surface area contributed by atoms with Gasteiger partial charge in [-0.25, -0.2) is 5.43 Å². The van der Waals surface area contributed by atoms with Crippen LogP contribution in [-0.2, 0) is 6.42 Å². The molecule has 0 unspecified atom stereocenters. The molecule has 124 valence electrons. The smallest absolute Gasteiger partial charge is 0.265 e. The second-order valence-electron chi connectivity index (χ2n) is 6.65. The van der Waals surface area contributed by atoms with E-state index in [-0.39, 0.29) is 17.4 Å². The summed E-state index contributed by atoms with van der Waals surface area (Å²) in [5.41, 5.74) is 7.77. The zero-order valence-corrected chi connectivity index (χ0v) is 14.7. The summed E-state index contributed by atoms with van der Waals surface area (Å²) in [5, 5.41) is 0. The van der Waals surface area contributed by atoms with Crippen LogP contribution in [0.15, 0.2) is 18.2 Å².